The van der Waals surface area contributed by atoms with Gasteiger partial charge in [0.05, 0.1) is 6.26 Å². The van der Waals surface area contributed by atoms with Crippen LogP contribution in [0.5, 0.6) is 0 Å². The number of rotatable bonds is 1. The number of nitriles is 2. The number of para-hydroxylation sites is 1. The second kappa shape index (κ2) is 5.51. The quantitative estimate of drug-likeness (QED) is 0.726. The standard InChI is InChI=1S/C22H19N3O/c1-2-13-11-25-12-15-8-14-4-3-5-18(21(14)25)19(13)22-20(15)17(6-7-26-22)16(9-23)10-24/h3-7,13,15,19H,2,8,11-12H2,1H3. The van der Waals surface area contributed by atoms with Gasteiger partial charge in [0.1, 0.15) is 23.5 Å². The number of hydrogen-bond donors (Lipinski definition) is 0. The van der Waals surface area contributed by atoms with Gasteiger partial charge in [0.2, 0.25) is 0 Å². The molecule has 0 spiro atoms. The third-order valence-corrected chi connectivity index (χ3v) is 6.33. The van der Waals surface area contributed by atoms with Gasteiger partial charge in [-0.05, 0) is 29.5 Å². The first-order valence-corrected chi connectivity index (χ1v) is 9.25. The van der Waals surface area contributed by atoms with E-state index in [0.29, 0.717) is 5.92 Å². The molecule has 0 radical (unpaired) electrons. The summed E-state index contributed by atoms with van der Waals surface area (Å²) < 4.78 is 6.13. The van der Waals surface area contributed by atoms with Crippen molar-refractivity contribution in [2.75, 3.05) is 18.0 Å². The molecule has 4 nitrogen and oxygen atoms in total. The molecule has 0 saturated carbocycles. The van der Waals surface area contributed by atoms with Crippen molar-refractivity contribution in [2.24, 2.45) is 11.8 Å². The summed E-state index contributed by atoms with van der Waals surface area (Å²) in [4.78, 5) is 2.53. The van der Waals surface area contributed by atoms with Gasteiger partial charge in [-0.3, -0.25) is 0 Å². The molecule has 128 valence electrons. The fourth-order valence-electron chi connectivity index (χ4n) is 5.31. The number of fused-ring (bicyclic) bond motifs is 1. The topological polar surface area (TPSA) is 60.0 Å². The van der Waals surface area contributed by atoms with E-state index in [1.54, 1.807) is 12.3 Å². The average Bonchev–Trinajstić information content (AvgIpc) is 2.67. The van der Waals surface area contributed by atoms with E-state index >= 15 is 0 Å². The molecule has 4 aliphatic heterocycles. The van der Waals surface area contributed by atoms with Crippen LogP contribution >= 0.6 is 0 Å². The van der Waals surface area contributed by atoms with Crippen molar-refractivity contribution in [1.29, 1.82) is 10.5 Å². The lowest BCUT2D eigenvalue weighted by Gasteiger charge is -2.50. The van der Waals surface area contributed by atoms with Crippen molar-refractivity contribution >= 4 is 5.69 Å². The zero-order valence-electron chi connectivity index (χ0n) is 14.7. The van der Waals surface area contributed by atoms with E-state index in [1.807, 2.05) is 0 Å². The molecule has 3 unspecified atom stereocenters. The highest BCUT2D eigenvalue weighted by Crippen LogP contribution is 2.54. The van der Waals surface area contributed by atoms with Crippen LogP contribution in [-0.4, -0.2) is 13.1 Å². The molecule has 6 rings (SSSR count). The Hall–Kier alpha value is -2.98. The first-order valence-electron chi connectivity index (χ1n) is 9.25. The Morgan fingerprint density at radius 3 is 2.88 bits per heavy atom. The minimum absolute atomic E-state index is 0.186. The van der Waals surface area contributed by atoms with Crippen molar-refractivity contribution in [3.8, 4) is 12.1 Å². The lowest BCUT2D eigenvalue weighted by Crippen LogP contribution is -2.48. The summed E-state index contributed by atoms with van der Waals surface area (Å²) in [6.45, 7) is 4.21. The molecule has 4 heteroatoms. The number of allylic oxidation sites excluding steroid dienone is 4. The third-order valence-electron chi connectivity index (χ3n) is 6.33. The van der Waals surface area contributed by atoms with E-state index in [1.165, 1.54) is 16.8 Å². The molecule has 6 bridgehead atoms. The van der Waals surface area contributed by atoms with Crippen LogP contribution in [0.25, 0.3) is 0 Å². The van der Waals surface area contributed by atoms with Gasteiger partial charge < -0.3 is 9.64 Å². The number of nitrogens with zero attached hydrogens (tertiary/aromatic N) is 3. The number of anilines is 1. The Kier molecular flexibility index (Phi) is 3.24. The molecule has 0 saturated heterocycles. The van der Waals surface area contributed by atoms with Gasteiger partial charge in [-0.25, -0.2) is 0 Å². The van der Waals surface area contributed by atoms with Gasteiger partial charge in [-0.15, -0.1) is 0 Å². The van der Waals surface area contributed by atoms with Crippen LogP contribution in [0.2, 0.25) is 0 Å². The van der Waals surface area contributed by atoms with Crippen molar-refractivity contribution in [2.45, 2.75) is 25.7 Å². The number of hydrogen-bond acceptors (Lipinski definition) is 4. The minimum atomic E-state index is 0.186. The lowest BCUT2D eigenvalue weighted by molar-refractivity contribution is 0.244. The van der Waals surface area contributed by atoms with E-state index in [9.17, 15) is 10.5 Å². The summed E-state index contributed by atoms with van der Waals surface area (Å²) in [5.41, 5.74) is 6.15. The van der Waals surface area contributed by atoms with Gasteiger partial charge in [0, 0.05) is 41.8 Å². The summed E-state index contributed by atoms with van der Waals surface area (Å²) in [5.74, 6) is 1.90. The molecule has 0 fully saturated rings. The number of ether oxygens (including phenoxy) is 1. The largest absolute Gasteiger partial charge is 0.468 e. The Morgan fingerprint density at radius 1 is 1.27 bits per heavy atom. The van der Waals surface area contributed by atoms with E-state index in [2.05, 4.69) is 42.2 Å². The van der Waals surface area contributed by atoms with E-state index in [4.69, 9.17) is 4.74 Å². The Morgan fingerprint density at radius 2 is 2.12 bits per heavy atom. The second-order valence-electron chi connectivity index (χ2n) is 7.52. The zero-order valence-corrected chi connectivity index (χ0v) is 14.7. The summed E-state index contributed by atoms with van der Waals surface area (Å²) in [5, 5.41) is 19.0. The predicted molar refractivity (Wildman–Crippen MR) is 97.9 cm³/mol. The maximum Gasteiger partial charge on any atom is 0.137 e. The van der Waals surface area contributed by atoms with Crippen LogP contribution in [0.15, 0.2) is 53.0 Å². The third kappa shape index (κ3) is 1.88. The molecular formula is C22H19N3O. The average molecular weight is 341 g/mol. The van der Waals surface area contributed by atoms with Crippen LogP contribution in [0, 0.1) is 34.5 Å². The lowest BCUT2D eigenvalue weighted by atomic mass is 9.67. The molecule has 1 aromatic rings. The smallest absolute Gasteiger partial charge is 0.137 e. The first-order chi connectivity index (χ1) is 12.8. The van der Waals surface area contributed by atoms with Gasteiger partial charge in [-0.2, -0.15) is 10.5 Å². The highest BCUT2D eigenvalue weighted by atomic mass is 16.5. The summed E-state index contributed by atoms with van der Waals surface area (Å²) in [6.07, 6.45) is 5.47. The molecule has 0 aromatic heterocycles. The Balaban J connectivity index is 1.84. The molecule has 26 heavy (non-hydrogen) atoms. The Bertz CT molecular complexity index is 970. The van der Waals surface area contributed by atoms with Gasteiger partial charge in [0.25, 0.3) is 0 Å². The minimum Gasteiger partial charge on any atom is -0.468 e. The fourth-order valence-corrected chi connectivity index (χ4v) is 5.31. The van der Waals surface area contributed by atoms with Crippen LogP contribution in [0.3, 0.4) is 0 Å². The molecule has 0 amide bonds. The van der Waals surface area contributed by atoms with E-state index < -0.39 is 0 Å². The van der Waals surface area contributed by atoms with E-state index in [0.717, 1.165) is 42.8 Å². The van der Waals surface area contributed by atoms with Crippen LogP contribution in [0.4, 0.5) is 5.69 Å². The monoisotopic (exact) mass is 341 g/mol. The van der Waals surface area contributed by atoms with Crippen LogP contribution in [-0.2, 0) is 11.2 Å². The zero-order chi connectivity index (χ0) is 17.8. The summed E-state index contributed by atoms with van der Waals surface area (Å²) in [7, 11) is 0. The van der Waals surface area contributed by atoms with Gasteiger partial charge in [0.15, 0.2) is 0 Å². The Labute approximate surface area is 153 Å². The van der Waals surface area contributed by atoms with Crippen LogP contribution < -0.4 is 4.90 Å². The summed E-state index contributed by atoms with van der Waals surface area (Å²) in [6, 6.07) is 10.8. The molecule has 1 aliphatic carbocycles. The van der Waals surface area contributed by atoms with Crippen molar-refractivity contribution in [3.05, 3.63) is 64.1 Å². The molecular weight excluding hydrogens is 322 g/mol. The predicted octanol–water partition coefficient (Wildman–Crippen LogP) is 3.94. The normalized spacial score (nSPS) is 27.3. The van der Waals surface area contributed by atoms with Crippen LogP contribution in [0.1, 0.15) is 30.4 Å². The fraction of sp³-hybridized carbons (Fsp3) is 0.364. The van der Waals surface area contributed by atoms with Gasteiger partial charge in [-0.1, -0.05) is 31.5 Å². The van der Waals surface area contributed by atoms with Gasteiger partial charge >= 0.3 is 0 Å². The molecule has 0 N–H and O–H groups in total. The maximum absolute atomic E-state index is 9.48. The molecule has 4 heterocycles. The summed E-state index contributed by atoms with van der Waals surface area (Å²) >= 11 is 0. The number of benzene rings is 1. The second-order valence-corrected chi connectivity index (χ2v) is 7.52. The SMILES string of the molecule is CCC1CN2CC3Cc4cccc(c42)C1C1=C3C(=C(C#N)C#N)C=CO1. The molecule has 5 aliphatic rings. The first kappa shape index (κ1) is 15.3. The molecule has 1 aromatic carbocycles. The maximum atomic E-state index is 9.48. The molecule has 3 atom stereocenters. The van der Waals surface area contributed by atoms with E-state index in [-0.39, 0.29) is 17.4 Å². The highest BCUT2D eigenvalue weighted by Gasteiger charge is 2.46. The highest BCUT2D eigenvalue weighted by molar-refractivity contribution is 5.70. The van der Waals surface area contributed by atoms with Crippen molar-refractivity contribution in [1.82, 2.24) is 0 Å². The van der Waals surface area contributed by atoms with Crippen molar-refractivity contribution in [3.63, 3.8) is 0 Å². The van der Waals surface area contributed by atoms with Crippen molar-refractivity contribution < 1.29 is 4.74 Å².